The van der Waals surface area contributed by atoms with Crippen molar-refractivity contribution < 1.29 is 13.9 Å². The first-order chi connectivity index (χ1) is 11.0. The minimum atomic E-state index is -1.28. The summed E-state index contributed by atoms with van der Waals surface area (Å²) in [7, 11) is 2.00. The fraction of sp³-hybridized carbons (Fsp3) is 0.688. The number of alkyl halides is 1. The number of aromatic nitrogens is 2. The van der Waals surface area contributed by atoms with Crippen LogP contribution in [0.5, 0.6) is 0 Å². The molecule has 0 aliphatic carbocycles. The van der Waals surface area contributed by atoms with Gasteiger partial charge in [-0.15, -0.1) is 0 Å². The van der Waals surface area contributed by atoms with Gasteiger partial charge in [0.25, 0.3) is 0 Å². The van der Waals surface area contributed by atoms with Crippen LogP contribution in [0.15, 0.2) is 6.20 Å². The van der Waals surface area contributed by atoms with Gasteiger partial charge in [0.15, 0.2) is 0 Å². The standard InChI is InChI=1S/C16H21FN4O2/c1-10-18-6-11-7-21(12-3-4-23-13(17)5-12)15(22)16(14(11)19-10)8-20(2)9-16/h6,12-13H,3-5,7-9H2,1-2H3/t12-,13-/m1/s1. The monoisotopic (exact) mass is 320 g/mol. The van der Waals surface area contributed by atoms with Gasteiger partial charge < -0.3 is 14.5 Å². The second-order valence-electron chi connectivity index (χ2n) is 6.94. The Kier molecular flexibility index (Phi) is 3.39. The van der Waals surface area contributed by atoms with Crippen LogP contribution in [0.1, 0.15) is 29.9 Å². The van der Waals surface area contributed by atoms with E-state index in [0.29, 0.717) is 38.5 Å². The number of fused-ring (bicyclic) bond motifs is 2. The maximum absolute atomic E-state index is 13.6. The minimum absolute atomic E-state index is 0.0836. The van der Waals surface area contributed by atoms with Crippen molar-refractivity contribution >= 4 is 5.91 Å². The molecule has 2 saturated heterocycles. The van der Waals surface area contributed by atoms with E-state index < -0.39 is 11.8 Å². The third-order valence-electron chi connectivity index (χ3n) is 5.18. The lowest BCUT2D eigenvalue weighted by molar-refractivity contribution is -0.156. The van der Waals surface area contributed by atoms with Gasteiger partial charge in [-0.1, -0.05) is 0 Å². The van der Waals surface area contributed by atoms with Gasteiger partial charge in [-0.2, -0.15) is 0 Å². The first kappa shape index (κ1) is 15.0. The number of carbonyl (C=O) groups excluding carboxylic acids is 1. The highest BCUT2D eigenvalue weighted by molar-refractivity contribution is 5.91. The molecule has 1 amide bonds. The second kappa shape index (κ2) is 5.21. The van der Waals surface area contributed by atoms with Gasteiger partial charge in [0.1, 0.15) is 11.2 Å². The van der Waals surface area contributed by atoms with Gasteiger partial charge in [0, 0.05) is 43.9 Å². The zero-order valence-corrected chi connectivity index (χ0v) is 13.5. The molecule has 1 spiro atoms. The third-order valence-corrected chi connectivity index (χ3v) is 5.18. The van der Waals surface area contributed by atoms with E-state index in [2.05, 4.69) is 14.9 Å². The Bertz CT molecular complexity index is 647. The van der Waals surface area contributed by atoms with Crippen LogP contribution in [0, 0.1) is 6.92 Å². The summed E-state index contributed by atoms with van der Waals surface area (Å²) in [6, 6.07) is -0.108. The third kappa shape index (κ3) is 2.25. The number of likely N-dealkylation sites (tertiary alicyclic amines) is 1. The van der Waals surface area contributed by atoms with E-state index in [0.717, 1.165) is 11.3 Å². The topological polar surface area (TPSA) is 58.6 Å². The van der Waals surface area contributed by atoms with Gasteiger partial charge in [0.05, 0.1) is 12.3 Å². The molecule has 4 heterocycles. The van der Waals surface area contributed by atoms with Gasteiger partial charge >= 0.3 is 0 Å². The number of halogens is 1. The molecule has 0 radical (unpaired) electrons. The van der Waals surface area contributed by atoms with E-state index >= 15 is 0 Å². The molecule has 6 nitrogen and oxygen atoms in total. The van der Waals surface area contributed by atoms with Gasteiger partial charge in [-0.3, -0.25) is 4.79 Å². The highest BCUT2D eigenvalue weighted by Crippen LogP contribution is 2.41. The van der Waals surface area contributed by atoms with Gasteiger partial charge in [0.2, 0.25) is 12.3 Å². The number of likely N-dealkylation sites (N-methyl/N-ethyl adjacent to an activating group) is 1. The van der Waals surface area contributed by atoms with Gasteiger partial charge in [-0.05, 0) is 20.4 Å². The Labute approximate surface area is 134 Å². The predicted octanol–water partition coefficient (Wildman–Crippen LogP) is 0.785. The summed E-state index contributed by atoms with van der Waals surface area (Å²) in [6.45, 7) is 4.00. The highest BCUT2D eigenvalue weighted by atomic mass is 19.1. The Morgan fingerprint density at radius 3 is 2.91 bits per heavy atom. The Hall–Kier alpha value is -1.60. The lowest BCUT2D eigenvalue weighted by Gasteiger charge is -2.53. The number of rotatable bonds is 1. The second-order valence-corrected chi connectivity index (χ2v) is 6.94. The van der Waals surface area contributed by atoms with E-state index in [-0.39, 0.29) is 18.4 Å². The number of nitrogens with zero attached hydrogens (tertiary/aromatic N) is 4. The lowest BCUT2D eigenvalue weighted by atomic mass is 9.71. The van der Waals surface area contributed by atoms with E-state index in [1.165, 1.54) is 0 Å². The molecule has 2 fully saturated rings. The summed E-state index contributed by atoms with van der Waals surface area (Å²) in [5.41, 5.74) is 1.28. The number of amides is 1. The molecule has 0 N–H and O–H groups in total. The van der Waals surface area contributed by atoms with Crippen molar-refractivity contribution in [1.82, 2.24) is 19.8 Å². The first-order valence-electron chi connectivity index (χ1n) is 8.08. The molecule has 124 valence electrons. The zero-order valence-electron chi connectivity index (χ0n) is 13.5. The molecule has 0 saturated carbocycles. The van der Waals surface area contributed by atoms with Crippen LogP contribution in [0.3, 0.4) is 0 Å². The van der Waals surface area contributed by atoms with Crippen molar-refractivity contribution in [3.8, 4) is 0 Å². The lowest BCUT2D eigenvalue weighted by Crippen LogP contribution is -2.69. The van der Waals surface area contributed by atoms with Crippen LogP contribution in [0.2, 0.25) is 0 Å². The van der Waals surface area contributed by atoms with Crippen LogP contribution in [0.25, 0.3) is 0 Å². The summed E-state index contributed by atoms with van der Waals surface area (Å²) in [5, 5.41) is 0. The average Bonchev–Trinajstić information content (AvgIpc) is 2.49. The average molecular weight is 320 g/mol. The molecular formula is C16H21FN4O2. The molecule has 0 bridgehead atoms. The molecule has 4 rings (SSSR count). The van der Waals surface area contributed by atoms with Crippen molar-refractivity contribution in [2.75, 3.05) is 26.7 Å². The van der Waals surface area contributed by atoms with Crippen molar-refractivity contribution in [2.45, 2.75) is 44.1 Å². The number of carbonyl (C=O) groups is 1. The predicted molar refractivity (Wildman–Crippen MR) is 80.4 cm³/mol. The van der Waals surface area contributed by atoms with Crippen LogP contribution < -0.4 is 0 Å². The molecular weight excluding hydrogens is 299 g/mol. The summed E-state index contributed by atoms with van der Waals surface area (Å²) in [4.78, 5) is 26.1. The molecule has 0 aromatic carbocycles. The fourth-order valence-electron chi connectivity index (χ4n) is 4.13. The molecule has 0 unspecified atom stereocenters. The Morgan fingerprint density at radius 1 is 1.43 bits per heavy atom. The maximum atomic E-state index is 13.6. The minimum Gasteiger partial charge on any atom is -0.348 e. The van der Waals surface area contributed by atoms with Crippen molar-refractivity contribution in [1.29, 1.82) is 0 Å². The summed E-state index contributed by atoms with van der Waals surface area (Å²) in [5.74, 6) is 0.772. The summed E-state index contributed by atoms with van der Waals surface area (Å²) in [6.07, 6.45) is 1.47. The first-order valence-corrected chi connectivity index (χ1v) is 8.08. The van der Waals surface area contributed by atoms with E-state index in [1.54, 1.807) is 0 Å². The largest absolute Gasteiger partial charge is 0.348 e. The van der Waals surface area contributed by atoms with E-state index in [1.807, 2.05) is 25.1 Å². The zero-order chi connectivity index (χ0) is 16.2. The summed E-state index contributed by atoms with van der Waals surface area (Å²) >= 11 is 0. The van der Waals surface area contributed by atoms with Crippen molar-refractivity contribution in [3.63, 3.8) is 0 Å². The maximum Gasteiger partial charge on any atom is 0.238 e. The highest BCUT2D eigenvalue weighted by Gasteiger charge is 2.56. The summed E-state index contributed by atoms with van der Waals surface area (Å²) < 4.78 is 18.6. The molecule has 3 aliphatic heterocycles. The van der Waals surface area contributed by atoms with Crippen LogP contribution in [-0.4, -0.2) is 64.8 Å². The molecule has 2 atom stereocenters. The Balaban J connectivity index is 1.72. The van der Waals surface area contributed by atoms with Crippen LogP contribution in [-0.2, 0) is 21.5 Å². The fourth-order valence-corrected chi connectivity index (χ4v) is 4.13. The van der Waals surface area contributed by atoms with Crippen molar-refractivity contribution in [2.24, 2.45) is 0 Å². The van der Waals surface area contributed by atoms with E-state index in [4.69, 9.17) is 4.74 Å². The molecule has 23 heavy (non-hydrogen) atoms. The van der Waals surface area contributed by atoms with Gasteiger partial charge in [-0.25, -0.2) is 14.4 Å². The Morgan fingerprint density at radius 2 is 2.22 bits per heavy atom. The van der Waals surface area contributed by atoms with Crippen LogP contribution >= 0.6 is 0 Å². The SMILES string of the molecule is Cc1ncc2c(n1)C1(CN(C)C1)C(=O)N([C@@H]1CCO[C@@H](F)C1)C2. The molecule has 7 heteroatoms. The smallest absolute Gasteiger partial charge is 0.238 e. The van der Waals surface area contributed by atoms with Crippen molar-refractivity contribution in [3.05, 3.63) is 23.3 Å². The number of hydrogen-bond acceptors (Lipinski definition) is 5. The number of hydrogen-bond donors (Lipinski definition) is 0. The van der Waals surface area contributed by atoms with E-state index in [9.17, 15) is 9.18 Å². The molecule has 1 aromatic rings. The molecule has 1 aromatic heterocycles. The normalized spacial score (nSPS) is 30.2. The molecule has 3 aliphatic rings. The number of aryl methyl sites for hydroxylation is 1. The van der Waals surface area contributed by atoms with Crippen LogP contribution in [0.4, 0.5) is 4.39 Å². The number of ether oxygens (including phenoxy) is 1. The quantitative estimate of drug-likeness (QED) is 0.765.